The average Bonchev–Trinajstić information content (AvgIpc) is 3.00. The van der Waals surface area contributed by atoms with Crippen molar-refractivity contribution in [3.8, 4) is 45.0 Å². The number of aromatic nitrogens is 3. The van der Waals surface area contributed by atoms with E-state index in [2.05, 4.69) is 113 Å². The highest BCUT2D eigenvalue weighted by molar-refractivity contribution is 6.28. The van der Waals surface area contributed by atoms with E-state index in [1.807, 2.05) is 30.3 Å². The van der Waals surface area contributed by atoms with Crippen LogP contribution in [0.3, 0.4) is 0 Å². The van der Waals surface area contributed by atoms with Gasteiger partial charge in [0.2, 0.25) is 5.28 Å². The van der Waals surface area contributed by atoms with Gasteiger partial charge in [-0.2, -0.15) is 9.97 Å². The minimum atomic E-state index is 0.168. The number of halogens is 1. The molecule has 39 heavy (non-hydrogen) atoms. The van der Waals surface area contributed by atoms with Crippen LogP contribution in [0.5, 0.6) is 0 Å². The van der Waals surface area contributed by atoms with Crippen LogP contribution in [-0.4, -0.2) is 15.0 Å². The SMILES string of the molecule is Clc1nc(-c2ccc3cc(-c4ccccc4)ccc3c2)nc(-c2ccc3ccccc3c2-c2ccccc2)n1. The zero-order valence-corrected chi connectivity index (χ0v) is 21.7. The molecule has 7 aromatic rings. The normalized spacial score (nSPS) is 11.2. The summed E-state index contributed by atoms with van der Waals surface area (Å²) in [5.41, 5.74) is 6.37. The molecule has 3 nitrogen and oxygen atoms in total. The predicted octanol–water partition coefficient (Wildman–Crippen LogP) is 9.50. The molecule has 4 heteroatoms. The Morgan fingerprint density at radius 2 is 1.00 bits per heavy atom. The molecule has 7 rings (SSSR count). The first-order valence-corrected chi connectivity index (χ1v) is 13.2. The maximum absolute atomic E-state index is 6.51. The minimum Gasteiger partial charge on any atom is -0.208 e. The van der Waals surface area contributed by atoms with Gasteiger partial charge in [0.05, 0.1) is 0 Å². The maximum atomic E-state index is 6.51. The summed E-state index contributed by atoms with van der Waals surface area (Å²) in [5.74, 6) is 1.10. The molecule has 0 spiro atoms. The molecule has 0 N–H and O–H groups in total. The van der Waals surface area contributed by atoms with Crippen LogP contribution < -0.4 is 0 Å². The highest BCUT2D eigenvalue weighted by atomic mass is 35.5. The maximum Gasteiger partial charge on any atom is 0.226 e. The Bertz CT molecular complexity index is 1970. The third-order valence-electron chi connectivity index (χ3n) is 7.05. The second-order valence-electron chi connectivity index (χ2n) is 9.47. The van der Waals surface area contributed by atoms with Gasteiger partial charge in [-0.15, -0.1) is 0 Å². The van der Waals surface area contributed by atoms with Gasteiger partial charge in [-0.3, -0.25) is 0 Å². The van der Waals surface area contributed by atoms with Gasteiger partial charge in [0.1, 0.15) is 0 Å². The Hall–Kier alpha value is -4.86. The van der Waals surface area contributed by atoms with E-state index < -0.39 is 0 Å². The fraction of sp³-hybridized carbons (Fsp3) is 0. The first-order valence-electron chi connectivity index (χ1n) is 12.8. The van der Waals surface area contributed by atoms with Crippen LogP contribution >= 0.6 is 11.6 Å². The summed E-state index contributed by atoms with van der Waals surface area (Å²) in [4.78, 5) is 14.0. The Balaban J connectivity index is 1.36. The molecule has 0 aliphatic rings. The standard InChI is InChI=1S/C35H22ClN3/c36-35-38-33(29-18-17-27-21-26(15-16-28(27)22-29)23-9-3-1-4-10-23)37-34(39-35)31-20-19-24-11-7-8-14-30(24)32(31)25-12-5-2-6-13-25/h1-22H. The molecule has 184 valence electrons. The van der Waals surface area contributed by atoms with Gasteiger partial charge in [0.15, 0.2) is 11.6 Å². The summed E-state index contributed by atoms with van der Waals surface area (Å²) in [5, 5.41) is 4.73. The molecule has 0 atom stereocenters. The number of rotatable bonds is 4. The summed E-state index contributed by atoms with van der Waals surface area (Å²) in [6.45, 7) is 0. The zero-order chi connectivity index (χ0) is 26.2. The van der Waals surface area contributed by atoms with Crippen molar-refractivity contribution in [2.45, 2.75) is 0 Å². The largest absolute Gasteiger partial charge is 0.226 e. The molecule has 0 saturated carbocycles. The fourth-order valence-electron chi connectivity index (χ4n) is 5.17. The van der Waals surface area contributed by atoms with Crippen LogP contribution in [0, 0.1) is 0 Å². The van der Waals surface area contributed by atoms with E-state index in [0.717, 1.165) is 43.8 Å². The highest BCUT2D eigenvalue weighted by Crippen LogP contribution is 2.37. The minimum absolute atomic E-state index is 0.168. The molecular weight excluding hydrogens is 498 g/mol. The Kier molecular flexibility index (Phi) is 5.84. The molecule has 0 aliphatic heterocycles. The Morgan fingerprint density at radius 1 is 0.410 bits per heavy atom. The van der Waals surface area contributed by atoms with Gasteiger partial charge in [-0.05, 0) is 68.0 Å². The summed E-state index contributed by atoms with van der Waals surface area (Å²) in [7, 11) is 0. The second-order valence-corrected chi connectivity index (χ2v) is 9.81. The predicted molar refractivity (Wildman–Crippen MR) is 162 cm³/mol. The van der Waals surface area contributed by atoms with Crippen LogP contribution in [0.1, 0.15) is 0 Å². The molecule has 0 fully saturated rings. The number of fused-ring (bicyclic) bond motifs is 2. The lowest BCUT2D eigenvalue weighted by atomic mass is 9.93. The zero-order valence-electron chi connectivity index (χ0n) is 20.9. The van der Waals surface area contributed by atoms with Crippen molar-refractivity contribution in [1.29, 1.82) is 0 Å². The van der Waals surface area contributed by atoms with Crippen LogP contribution in [-0.2, 0) is 0 Å². The van der Waals surface area contributed by atoms with Gasteiger partial charge >= 0.3 is 0 Å². The molecule has 0 saturated heterocycles. The molecule has 0 unspecified atom stereocenters. The van der Waals surface area contributed by atoms with Crippen molar-refractivity contribution in [3.63, 3.8) is 0 Å². The third-order valence-corrected chi connectivity index (χ3v) is 7.22. The lowest BCUT2D eigenvalue weighted by Gasteiger charge is -2.14. The van der Waals surface area contributed by atoms with Crippen LogP contribution in [0.4, 0.5) is 0 Å². The summed E-state index contributed by atoms with van der Waals surface area (Å²) in [6, 6.07) is 46.1. The molecule has 1 heterocycles. The van der Waals surface area contributed by atoms with E-state index >= 15 is 0 Å². The summed E-state index contributed by atoms with van der Waals surface area (Å²) in [6.07, 6.45) is 0. The monoisotopic (exact) mass is 519 g/mol. The second kappa shape index (κ2) is 9.79. The van der Waals surface area contributed by atoms with Gasteiger partial charge in [0, 0.05) is 16.7 Å². The first kappa shape index (κ1) is 23.3. The van der Waals surface area contributed by atoms with Crippen molar-refractivity contribution in [1.82, 2.24) is 15.0 Å². The Morgan fingerprint density at radius 3 is 1.77 bits per heavy atom. The fourth-order valence-corrected chi connectivity index (χ4v) is 5.33. The van der Waals surface area contributed by atoms with Gasteiger partial charge in [-0.1, -0.05) is 115 Å². The van der Waals surface area contributed by atoms with Crippen LogP contribution in [0.25, 0.3) is 66.6 Å². The molecular formula is C35H22ClN3. The first-order chi connectivity index (χ1) is 19.2. The molecule has 0 bridgehead atoms. The van der Waals surface area contributed by atoms with Gasteiger partial charge in [0.25, 0.3) is 0 Å². The van der Waals surface area contributed by atoms with E-state index in [4.69, 9.17) is 16.6 Å². The number of benzene rings is 6. The van der Waals surface area contributed by atoms with E-state index in [-0.39, 0.29) is 5.28 Å². The van der Waals surface area contributed by atoms with E-state index in [1.165, 1.54) is 11.1 Å². The van der Waals surface area contributed by atoms with E-state index in [9.17, 15) is 0 Å². The average molecular weight is 520 g/mol. The molecule has 0 amide bonds. The van der Waals surface area contributed by atoms with Crippen molar-refractivity contribution in [2.75, 3.05) is 0 Å². The topological polar surface area (TPSA) is 38.7 Å². The lowest BCUT2D eigenvalue weighted by Crippen LogP contribution is -1.99. The summed E-state index contributed by atoms with van der Waals surface area (Å²) >= 11 is 6.51. The lowest BCUT2D eigenvalue weighted by molar-refractivity contribution is 1.07. The van der Waals surface area contributed by atoms with Crippen LogP contribution in [0.15, 0.2) is 133 Å². The van der Waals surface area contributed by atoms with Crippen molar-refractivity contribution in [3.05, 3.63) is 139 Å². The van der Waals surface area contributed by atoms with Gasteiger partial charge in [-0.25, -0.2) is 4.98 Å². The van der Waals surface area contributed by atoms with Crippen LogP contribution in [0.2, 0.25) is 5.28 Å². The van der Waals surface area contributed by atoms with Crippen molar-refractivity contribution < 1.29 is 0 Å². The summed E-state index contributed by atoms with van der Waals surface area (Å²) < 4.78 is 0. The third kappa shape index (κ3) is 4.43. The molecule has 0 radical (unpaired) electrons. The smallest absolute Gasteiger partial charge is 0.208 e. The van der Waals surface area contributed by atoms with Crippen molar-refractivity contribution >= 4 is 33.1 Å². The molecule has 6 aromatic carbocycles. The quantitative estimate of drug-likeness (QED) is 0.232. The molecule has 1 aromatic heterocycles. The Labute approximate surface area is 231 Å². The van der Waals surface area contributed by atoms with Crippen molar-refractivity contribution in [2.24, 2.45) is 0 Å². The number of hydrogen-bond donors (Lipinski definition) is 0. The number of nitrogens with zero attached hydrogens (tertiary/aromatic N) is 3. The highest BCUT2D eigenvalue weighted by Gasteiger charge is 2.16. The van der Waals surface area contributed by atoms with Gasteiger partial charge < -0.3 is 0 Å². The van der Waals surface area contributed by atoms with E-state index in [0.29, 0.717) is 11.6 Å². The molecule has 0 aliphatic carbocycles. The van der Waals surface area contributed by atoms with E-state index in [1.54, 1.807) is 0 Å². The number of hydrogen-bond acceptors (Lipinski definition) is 3.